The molecule has 0 saturated heterocycles. The van der Waals surface area contributed by atoms with Gasteiger partial charge in [0.05, 0.1) is 5.71 Å². The van der Waals surface area contributed by atoms with E-state index in [-0.39, 0.29) is 0 Å². The molecule has 1 aliphatic heterocycles. The average Bonchev–Trinajstić information content (AvgIpc) is 3.22. The van der Waals surface area contributed by atoms with Crippen LogP contribution in [0.3, 0.4) is 0 Å². The molecule has 4 nitrogen and oxygen atoms in total. The van der Waals surface area contributed by atoms with Gasteiger partial charge in [0.2, 0.25) is 0 Å². The van der Waals surface area contributed by atoms with Gasteiger partial charge in [-0.1, -0.05) is 29.8 Å². The minimum absolute atomic E-state index is 0.525. The Morgan fingerprint density at radius 2 is 2.04 bits per heavy atom. The van der Waals surface area contributed by atoms with Crippen molar-refractivity contribution < 1.29 is 0 Å². The van der Waals surface area contributed by atoms with E-state index in [1.807, 2.05) is 36.5 Å². The maximum Gasteiger partial charge on any atom is 0.160 e. The zero-order valence-electron chi connectivity index (χ0n) is 13.2. The minimum Gasteiger partial charge on any atom is -0.276 e. The van der Waals surface area contributed by atoms with Gasteiger partial charge in [0.15, 0.2) is 5.82 Å². The van der Waals surface area contributed by atoms with E-state index in [9.17, 15) is 0 Å². The first-order valence-electron chi connectivity index (χ1n) is 8.09. The molecule has 6 heteroatoms. The lowest BCUT2D eigenvalue weighted by Gasteiger charge is -2.11. The minimum atomic E-state index is 0.525. The molecule has 120 valence electrons. The Morgan fingerprint density at radius 1 is 1.17 bits per heavy atom. The van der Waals surface area contributed by atoms with Crippen LogP contribution in [-0.2, 0) is 19.4 Å². The molecular formula is C18H15ClN4S. The quantitative estimate of drug-likeness (QED) is 0.659. The van der Waals surface area contributed by atoms with Crippen molar-refractivity contribution in [2.24, 2.45) is 4.99 Å². The van der Waals surface area contributed by atoms with Crippen LogP contribution >= 0.6 is 22.9 Å². The van der Waals surface area contributed by atoms with E-state index in [2.05, 4.69) is 20.8 Å². The molecule has 1 aliphatic carbocycles. The number of aromatic nitrogens is 3. The van der Waals surface area contributed by atoms with Crippen LogP contribution in [-0.4, -0.2) is 20.5 Å². The van der Waals surface area contributed by atoms with Crippen LogP contribution in [0.15, 0.2) is 29.3 Å². The summed E-state index contributed by atoms with van der Waals surface area (Å²) in [4.78, 5) is 6.39. The fourth-order valence-corrected chi connectivity index (χ4v) is 5.35. The Morgan fingerprint density at radius 3 is 2.92 bits per heavy atom. The summed E-state index contributed by atoms with van der Waals surface area (Å²) in [6.45, 7) is 2.53. The normalized spacial score (nSPS) is 15.5. The maximum absolute atomic E-state index is 6.50. The van der Waals surface area contributed by atoms with Crippen molar-refractivity contribution in [3.63, 3.8) is 0 Å². The predicted octanol–water partition coefficient (Wildman–Crippen LogP) is 4.13. The number of aryl methyl sites for hydroxylation is 2. The molecule has 0 bridgehead atoms. The molecule has 24 heavy (non-hydrogen) atoms. The first-order valence-corrected chi connectivity index (χ1v) is 9.29. The van der Waals surface area contributed by atoms with Gasteiger partial charge in [-0.15, -0.1) is 21.5 Å². The number of fused-ring (bicyclic) bond motifs is 5. The largest absolute Gasteiger partial charge is 0.276 e. The molecule has 0 atom stereocenters. The highest BCUT2D eigenvalue weighted by Gasteiger charge is 2.31. The topological polar surface area (TPSA) is 43.1 Å². The summed E-state index contributed by atoms with van der Waals surface area (Å²) in [6.07, 6.45) is 3.48. The highest BCUT2D eigenvalue weighted by molar-refractivity contribution is 7.15. The van der Waals surface area contributed by atoms with E-state index in [0.29, 0.717) is 6.54 Å². The Kier molecular flexibility index (Phi) is 3.15. The Balaban J connectivity index is 1.83. The van der Waals surface area contributed by atoms with E-state index in [1.54, 1.807) is 0 Å². The van der Waals surface area contributed by atoms with E-state index in [4.69, 9.17) is 16.6 Å². The third-order valence-electron chi connectivity index (χ3n) is 4.74. The zero-order chi connectivity index (χ0) is 16.3. The van der Waals surface area contributed by atoms with Crippen LogP contribution in [0.25, 0.3) is 5.00 Å². The third kappa shape index (κ3) is 1.95. The van der Waals surface area contributed by atoms with E-state index in [1.165, 1.54) is 27.4 Å². The number of nitrogens with zero attached hydrogens (tertiary/aromatic N) is 4. The van der Waals surface area contributed by atoms with Crippen molar-refractivity contribution in [1.29, 1.82) is 0 Å². The van der Waals surface area contributed by atoms with Crippen molar-refractivity contribution in [2.45, 2.75) is 32.7 Å². The standard InChI is InChI=1S/C18H15ClN4S/c1-10-21-22-15-9-20-17(11-5-2-3-7-13(11)19)16-12-6-4-8-14(12)24-18(16)23(10)15/h2-3,5,7H,4,6,8-9H2,1H3. The van der Waals surface area contributed by atoms with E-state index < -0.39 is 0 Å². The molecular weight excluding hydrogens is 340 g/mol. The van der Waals surface area contributed by atoms with Gasteiger partial charge < -0.3 is 0 Å². The maximum atomic E-state index is 6.50. The lowest BCUT2D eigenvalue weighted by atomic mass is 9.99. The van der Waals surface area contributed by atoms with E-state index in [0.717, 1.165) is 40.8 Å². The summed E-state index contributed by atoms with van der Waals surface area (Å²) >= 11 is 8.36. The summed E-state index contributed by atoms with van der Waals surface area (Å²) in [6, 6.07) is 7.97. The molecule has 2 aliphatic rings. The number of halogens is 1. The molecule has 3 aromatic rings. The number of benzene rings is 1. The Bertz CT molecular complexity index is 999. The summed E-state index contributed by atoms with van der Waals surface area (Å²) < 4.78 is 2.17. The molecule has 0 spiro atoms. The van der Waals surface area contributed by atoms with Crippen LogP contribution < -0.4 is 0 Å². The second kappa shape index (κ2) is 5.26. The van der Waals surface area contributed by atoms with E-state index >= 15 is 0 Å². The predicted molar refractivity (Wildman–Crippen MR) is 96.8 cm³/mol. The summed E-state index contributed by atoms with van der Waals surface area (Å²) in [5, 5.41) is 10.5. The molecule has 3 heterocycles. The molecule has 2 aromatic heterocycles. The zero-order valence-corrected chi connectivity index (χ0v) is 14.8. The van der Waals surface area contributed by atoms with Gasteiger partial charge in [-0.05, 0) is 37.8 Å². The lowest BCUT2D eigenvalue weighted by molar-refractivity contribution is 0.868. The van der Waals surface area contributed by atoms with Gasteiger partial charge in [-0.3, -0.25) is 9.56 Å². The third-order valence-corrected chi connectivity index (χ3v) is 6.35. The van der Waals surface area contributed by atoms with Crippen molar-refractivity contribution in [2.75, 3.05) is 0 Å². The monoisotopic (exact) mass is 354 g/mol. The van der Waals surface area contributed by atoms with Gasteiger partial charge in [-0.2, -0.15) is 0 Å². The number of aliphatic imine (C=N–C) groups is 1. The number of thiophene rings is 1. The van der Waals surface area contributed by atoms with Gasteiger partial charge in [-0.25, -0.2) is 0 Å². The highest BCUT2D eigenvalue weighted by atomic mass is 35.5. The number of hydrogen-bond acceptors (Lipinski definition) is 4. The molecule has 0 N–H and O–H groups in total. The molecule has 0 amide bonds. The lowest BCUT2D eigenvalue weighted by Crippen LogP contribution is -2.08. The molecule has 0 fully saturated rings. The summed E-state index contributed by atoms with van der Waals surface area (Å²) in [5.74, 6) is 1.82. The van der Waals surface area contributed by atoms with Crippen molar-refractivity contribution in [3.05, 3.63) is 62.5 Å². The van der Waals surface area contributed by atoms with Crippen LogP contribution in [0, 0.1) is 6.92 Å². The smallest absolute Gasteiger partial charge is 0.160 e. The molecule has 0 saturated carbocycles. The number of rotatable bonds is 1. The van der Waals surface area contributed by atoms with Gasteiger partial charge in [0, 0.05) is 21.0 Å². The summed E-state index contributed by atoms with van der Waals surface area (Å²) in [7, 11) is 0. The highest BCUT2D eigenvalue weighted by Crippen LogP contribution is 2.41. The first kappa shape index (κ1) is 14.4. The molecule has 0 radical (unpaired) electrons. The van der Waals surface area contributed by atoms with Crippen LogP contribution in [0.1, 0.15) is 39.6 Å². The van der Waals surface area contributed by atoms with Crippen LogP contribution in [0.5, 0.6) is 0 Å². The van der Waals surface area contributed by atoms with Gasteiger partial charge in [0.1, 0.15) is 17.4 Å². The van der Waals surface area contributed by atoms with Crippen molar-refractivity contribution in [3.8, 4) is 5.00 Å². The number of hydrogen-bond donors (Lipinski definition) is 0. The van der Waals surface area contributed by atoms with Gasteiger partial charge in [0.25, 0.3) is 0 Å². The fraction of sp³-hybridized carbons (Fsp3) is 0.278. The second-order valence-corrected chi connectivity index (χ2v) is 7.67. The van der Waals surface area contributed by atoms with Crippen LogP contribution in [0.2, 0.25) is 5.02 Å². The molecule has 0 unspecified atom stereocenters. The second-order valence-electron chi connectivity index (χ2n) is 6.18. The summed E-state index contributed by atoms with van der Waals surface area (Å²) in [5.41, 5.74) is 4.68. The Hall–Kier alpha value is -1.98. The van der Waals surface area contributed by atoms with Crippen LogP contribution in [0.4, 0.5) is 0 Å². The first-order chi connectivity index (χ1) is 11.7. The average molecular weight is 355 g/mol. The van der Waals surface area contributed by atoms with Gasteiger partial charge >= 0.3 is 0 Å². The molecule has 1 aromatic carbocycles. The SMILES string of the molecule is Cc1nnc2n1-c1sc3c(c1C(c1ccccc1Cl)=NC2)CCC3. The van der Waals surface area contributed by atoms with Crippen molar-refractivity contribution in [1.82, 2.24) is 14.8 Å². The Labute approximate surface area is 148 Å². The van der Waals surface area contributed by atoms with Crippen molar-refractivity contribution >= 4 is 28.6 Å². The molecule has 5 rings (SSSR count). The fourth-order valence-electron chi connectivity index (χ4n) is 3.67.